The molecule has 7 nitrogen and oxygen atoms in total. The summed E-state index contributed by atoms with van der Waals surface area (Å²) in [6.07, 6.45) is 2.70. The standard InChI is InChI=1S/C10H11ClN6O/c1-2-17-9(6(12)4-15-17)10(18)16-8-3-7(11)13-5-14-8/h3-5H,2,12H2,1H3,(H,13,14,16,18). The minimum Gasteiger partial charge on any atom is -0.396 e. The zero-order valence-corrected chi connectivity index (χ0v) is 10.3. The Morgan fingerprint density at radius 3 is 3.00 bits per heavy atom. The zero-order chi connectivity index (χ0) is 13.1. The average Bonchev–Trinajstić information content (AvgIpc) is 2.70. The molecule has 2 rings (SSSR count). The molecule has 2 heterocycles. The van der Waals surface area contributed by atoms with Crippen molar-refractivity contribution in [3.8, 4) is 0 Å². The Labute approximate surface area is 108 Å². The number of amides is 1. The van der Waals surface area contributed by atoms with Gasteiger partial charge in [-0.15, -0.1) is 0 Å². The van der Waals surface area contributed by atoms with Crippen molar-refractivity contribution in [2.75, 3.05) is 11.1 Å². The molecule has 1 amide bonds. The van der Waals surface area contributed by atoms with Crippen molar-refractivity contribution >= 4 is 29.0 Å². The fourth-order valence-corrected chi connectivity index (χ4v) is 1.61. The van der Waals surface area contributed by atoms with Crippen LogP contribution in [0.25, 0.3) is 0 Å². The summed E-state index contributed by atoms with van der Waals surface area (Å²) in [6, 6.07) is 1.45. The van der Waals surface area contributed by atoms with Gasteiger partial charge in [-0.05, 0) is 6.92 Å². The molecule has 18 heavy (non-hydrogen) atoms. The largest absolute Gasteiger partial charge is 0.396 e. The zero-order valence-electron chi connectivity index (χ0n) is 9.59. The number of carbonyl (C=O) groups is 1. The molecule has 0 radical (unpaired) electrons. The lowest BCUT2D eigenvalue weighted by molar-refractivity contribution is 0.101. The van der Waals surface area contributed by atoms with Gasteiger partial charge in [-0.3, -0.25) is 9.48 Å². The summed E-state index contributed by atoms with van der Waals surface area (Å²) in [7, 11) is 0. The van der Waals surface area contributed by atoms with Gasteiger partial charge in [0.2, 0.25) is 0 Å². The van der Waals surface area contributed by atoms with Crippen molar-refractivity contribution in [1.29, 1.82) is 0 Å². The van der Waals surface area contributed by atoms with E-state index in [-0.39, 0.29) is 11.1 Å². The first-order valence-electron chi connectivity index (χ1n) is 5.22. The highest BCUT2D eigenvalue weighted by molar-refractivity contribution is 6.29. The molecule has 0 aliphatic rings. The Morgan fingerprint density at radius 1 is 1.56 bits per heavy atom. The van der Waals surface area contributed by atoms with Crippen LogP contribution in [-0.4, -0.2) is 25.7 Å². The molecule has 0 bridgehead atoms. The van der Waals surface area contributed by atoms with Crippen LogP contribution in [0, 0.1) is 0 Å². The number of nitrogen functional groups attached to an aromatic ring is 1. The van der Waals surface area contributed by atoms with E-state index in [1.165, 1.54) is 23.3 Å². The SMILES string of the molecule is CCn1ncc(N)c1C(=O)Nc1cc(Cl)ncn1. The molecule has 94 valence electrons. The summed E-state index contributed by atoms with van der Waals surface area (Å²) in [5.41, 5.74) is 6.31. The van der Waals surface area contributed by atoms with Crippen molar-refractivity contribution in [3.05, 3.63) is 29.4 Å². The quantitative estimate of drug-likeness (QED) is 0.813. The van der Waals surface area contributed by atoms with Crippen molar-refractivity contribution in [1.82, 2.24) is 19.7 Å². The highest BCUT2D eigenvalue weighted by Gasteiger charge is 2.16. The first kappa shape index (κ1) is 12.3. The molecule has 0 saturated carbocycles. The number of nitrogens with zero attached hydrogens (tertiary/aromatic N) is 4. The number of halogens is 1. The number of nitrogens with one attached hydrogen (secondary N) is 1. The second-order valence-corrected chi connectivity index (χ2v) is 3.83. The van der Waals surface area contributed by atoms with Gasteiger partial charge in [0, 0.05) is 12.6 Å². The van der Waals surface area contributed by atoms with Crippen molar-refractivity contribution in [2.24, 2.45) is 0 Å². The van der Waals surface area contributed by atoms with E-state index in [4.69, 9.17) is 17.3 Å². The predicted molar refractivity (Wildman–Crippen MR) is 67.3 cm³/mol. The number of carbonyl (C=O) groups excluding carboxylic acids is 1. The highest BCUT2D eigenvalue weighted by Crippen LogP contribution is 2.14. The molecule has 0 aliphatic carbocycles. The maximum atomic E-state index is 12.0. The fraction of sp³-hybridized carbons (Fsp3) is 0.200. The number of nitrogens with two attached hydrogens (primary N) is 1. The third kappa shape index (κ3) is 2.40. The van der Waals surface area contributed by atoms with Gasteiger partial charge in [0.1, 0.15) is 23.0 Å². The van der Waals surface area contributed by atoms with E-state index in [0.717, 1.165) is 0 Å². The molecule has 2 aromatic heterocycles. The van der Waals surface area contributed by atoms with Crippen LogP contribution in [0.3, 0.4) is 0 Å². The van der Waals surface area contributed by atoms with Crippen LogP contribution in [0.5, 0.6) is 0 Å². The summed E-state index contributed by atoms with van der Waals surface area (Å²) in [5.74, 6) is -0.0788. The lowest BCUT2D eigenvalue weighted by atomic mass is 10.3. The van der Waals surface area contributed by atoms with Gasteiger partial charge >= 0.3 is 0 Å². The van der Waals surface area contributed by atoms with Gasteiger partial charge in [0.15, 0.2) is 0 Å². The molecule has 0 fully saturated rings. The topological polar surface area (TPSA) is 98.7 Å². The predicted octanol–water partition coefficient (Wildman–Crippen LogP) is 1.18. The normalized spacial score (nSPS) is 10.3. The van der Waals surface area contributed by atoms with Crippen LogP contribution in [0.2, 0.25) is 5.15 Å². The second kappa shape index (κ2) is 5.01. The van der Waals surface area contributed by atoms with E-state index in [0.29, 0.717) is 23.7 Å². The van der Waals surface area contributed by atoms with Gasteiger partial charge in [-0.25, -0.2) is 9.97 Å². The Morgan fingerprint density at radius 2 is 2.33 bits per heavy atom. The van der Waals surface area contributed by atoms with E-state index in [2.05, 4.69) is 20.4 Å². The van der Waals surface area contributed by atoms with Crippen LogP contribution in [-0.2, 0) is 6.54 Å². The minimum atomic E-state index is -0.387. The molecule has 3 N–H and O–H groups in total. The van der Waals surface area contributed by atoms with Gasteiger partial charge in [-0.1, -0.05) is 11.6 Å². The van der Waals surface area contributed by atoms with E-state index >= 15 is 0 Å². The molecule has 0 unspecified atom stereocenters. The smallest absolute Gasteiger partial charge is 0.277 e. The average molecular weight is 267 g/mol. The summed E-state index contributed by atoms with van der Waals surface area (Å²) in [5, 5.41) is 6.82. The first-order valence-corrected chi connectivity index (χ1v) is 5.59. The first-order chi connectivity index (χ1) is 8.61. The monoisotopic (exact) mass is 266 g/mol. The third-order valence-corrected chi connectivity index (χ3v) is 2.46. The van der Waals surface area contributed by atoms with E-state index in [1.807, 2.05) is 6.92 Å². The number of aromatic nitrogens is 4. The van der Waals surface area contributed by atoms with Gasteiger partial charge < -0.3 is 11.1 Å². The summed E-state index contributed by atoms with van der Waals surface area (Å²) in [6.45, 7) is 2.41. The summed E-state index contributed by atoms with van der Waals surface area (Å²) in [4.78, 5) is 19.6. The maximum absolute atomic E-state index is 12.0. The lowest BCUT2D eigenvalue weighted by Crippen LogP contribution is -2.19. The number of anilines is 2. The van der Waals surface area contributed by atoms with Crippen LogP contribution in [0.4, 0.5) is 11.5 Å². The Bertz CT molecular complexity index is 581. The maximum Gasteiger partial charge on any atom is 0.277 e. The molecule has 0 saturated heterocycles. The molecule has 0 aromatic carbocycles. The fourth-order valence-electron chi connectivity index (χ4n) is 1.47. The van der Waals surface area contributed by atoms with E-state index < -0.39 is 0 Å². The Balaban J connectivity index is 2.24. The summed E-state index contributed by atoms with van der Waals surface area (Å²) >= 11 is 5.70. The number of hydrogen-bond acceptors (Lipinski definition) is 5. The molecule has 0 spiro atoms. The molecule has 0 aliphatic heterocycles. The highest BCUT2D eigenvalue weighted by atomic mass is 35.5. The van der Waals surface area contributed by atoms with Crippen LogP contribution in [0.15, 0.2) is 18.6 Å². The van der Waals surface area contributed by atoms with Gasteiger partial charge in [0.25, 0.3) is 5.91 Å². The molecule has 8 heteroatoms. The Hall–Kier alpha value is -2.15. The molecule has 2 aromatic rings. The Kier molecular flexibility index (Phi) is 3.42. The number of rotatable bonds is 3. The minimum absolute atomic E-state index is 0.247. The van der Waals surface area contributed by atoms with Crippen LogP contribution in [0.1, 0.15) is 17.4 Å². The van der Waals surface area contributed by atoms with Crippen molar-refractivity contribution in [3.63, 3.8) is 0 Å². The van der Waals surface area contributed by atoms with Crippen molar-refractivity contribution in [2.45, 2.75) is 13.5 Å². The molecule has 0 atom stereocenters. The van der Waals surface area contributed by atoms with Crippen molar-refractivity contribution < 1.29 is 4.79 Å². The number of aryl methyl sites for hydroxylation is 1. The van der Waals surface area contributed by atoms with Crippen LogP contribution < -0.4 is 11.1 Å². The molecular formula is C10H11ClN6O. The summed E-state index contributed by atoms with van der Waals surface area (Å²) < 4.78 is 1.51. The van der Waals surface area contributed by atoms with Gasteiger partial charge in [-0.2, -0.15) is 5.10 Å². The lowest BCUT2D eigenvalue weighted by Gasteiger charge is -2.06. The van der Waals surface area contributed by atoms with Crippen LogP contribution >= 0.6 is 11.6 Å². The number of hydrogen-bond donors (Lipinski definition) is 2. The third-order valence-electron chi connectivity index (χ3n) is 2.26. The second-order valence-electron chi connectivity index (χ2n) is 3.44. The van der Waals surface area contributed by atoms with E-state index in [1.54, 1.807) is 0 Å². The molecular weight excluding hydrogens is 256 g/mol. The van der Waals surface area contributed by atoms with E-state index in [9.17, 15) is 4.79 Å². The van der Waals surface area contributed by atoms with Gasteiger partial charge in [0.05, 0.1) is 11.9 Å².